The fourth-order valence-electron chi connectivity index (χ4n) is 3.27. The lowest BCUT2D eigenvalue weighted by Gasteiger charge is -2.18. The van der Waals surface area contributed by atoms with Crippen LogP contribution >= 0.6 is 0 Å². The molecule has 0 aliphatic carbocycles. The number of anilines is 1. The highest BCUT2D eigenvalue weighted by Crippen LogP contribution is 2.29. The second-order valence-corrected chi connectivity index (χ2v) is 6.83. The number of halogens is 3. The van der Waals surface area contributed by atoms with Crippen molar-refractivity contribution >= 4 is 11.7 Å². The van der Waals surface area contributed by atoms with Gasteiger partial charge in [-0.3, -0.25) is 4.79 Å². The molecular weight excluding hydrogens is 355 g/mol. The number of nitrogens with zero attached hydrogens (tertiary/aromatic N) is 2. The van der Waals surface area contributed by atoms with Crippen molar-refractivity contribution in [3.8, 4) is 0 Å². The molecule has 0 bridgehead atoms. The van der Waals surface area contributed by atoms with Crippen LogP contribution in [-0.4, -0.2) is 30.0 Å². The van der Waals surface area contributed by atoms with E-state index in [9.17, 15) is 18.0 Å². The highest BCUT2D eigenvalue weighted by molar-refractivity contribution is 5.76. The number of pyridine rings is 1. The van der Waals surface area contributed by atoms with Crippen LogP contribution in [0.25, 0.3) is 0 Å². The second kappa shape index (κ2) is 7.98. The van der Waals surface area contributed by atoms with Gasteiger partial charge in [0.1, 0.15) is 5.82 Å². The highest BCUT2D eigenvalue weighted by Gasteiger charge is 2.31. The standard InChI is InChI=1S/C20H22F3N3O/c1-14-4-2-3-5-15(14)6-9-19(27)25-17-10-11-26(13-17)18-8-7-16(12-24-18)20(21,22)23/h2-5,7-8,12,17H,6,9-11,13H2,1H3,(H,25,27). The molecule has 2 heterocycles. The summed E-state index contributed by atoms with van der Waals surface area (Å²) in [5, 5.41) is 3.02. The van der Waals surface area contributed by atoms with Gasteiger partial charge in [-0.25, -0.2) is 4.98 Å². The van der Waals surface area contributed by atoms with Crippen LogP contribution in [0.5, 0.6) is 0 Å². The Balaban J connectivity index is 1.49. The van der Waals surface area contributed by atoms with E-state index in [0.717, 1.165) is 24.2 Å². The molecule has 27 heavy (non-hydrogen) atoms. The molecule has 2 aromatic rings. The van der Waals surface area contributed by atoms with Crippen LogP contribution in [0.4, 0.5) is 19.0 Å². The number of hydrogen-bond acceptors (Lipinski definition) is 3. The molecule has 1 saturated heterocycles. The van der Waals surface area contributed by atoms with E-state index in [0.29, 0.717) is 31.7 Å². The summed E-state index contributed by atoms with van der Waals surface area (Å²) in [4.78, 5) is 18.0. The molecule has 0 radical (unpaired) electrons. The molecule has 1 unspecified atom stereocenters. The maximum atomic E-state index is 12.6. The average Bonchev–Trinajstić information content (AvgIpc) is 3.09. The van der Waals surface area contributed by atoms with Crippen molar-refractivity contribution in [2.24, 2.45) is 0 Å². The first-order valence-electron chi connectivity index (χ1n) is 8.95. The molecule has 1 atom stereocenters. The number of aryl methyl sites for hydroxylation is 2. The van der Waals surface area contributed by atoms with Crippen molar-refractivity contribution in [1.29, 1.82) is 0 Å². The second-order valence-electron chi connectivity index (χ2n) is 6.83. The Kier molecular flexibility index (Phi) is 5.68. The molecule has 144 valence electrons. The molecule has 3 rings (SSSR count). The van der Waals surface area contributed by atoms with Gasteiger partial charge in [0.25, 0.3) is 0 Å². The molecule has 1 aromatic heterocycles. The molecular formula is C20H22F3N3O. The maximum absolute atomic E-state index is 12.6. The first-order chi connectivity index (χ1) is 12.8. The minimum atomic E-state index is -4.38. The fraction of sp³-hybridized carbons (Fsp3) is 0.400. The number of nitrogens with one attached hydrogen (secondary N) is 1. The largest absolute Gasteiger partial charge is 0.417 e. The quantitative estimate of drug-likeness (QED) is 0.864. The van der Waals surface area contributed by atoms with E-state index in [1.165, 1.54) is 11.6 Å². The van der Waals surface area contributed by atoms with E-state index in [1.807, 2.05) is 36.1 Å². The molecule has 1 aliphatic heterocycles. The van der Waals surface area contributed by atoms with Gasteiger partial charge in [-0.1, -0.05) is 24.3 Å². The van der Waals surface area contributed by atoms with Crippen LogP contribution in [0.2, 0.25) is 0 Å². The molecule has 0 saturated carbocycles. The van der Waals surface area contributed by atoms with Gasteiger partial charge in [-0.05, 0) is 43.0 Å². The van der Waals surface area contributed by atoms with Crippen molar-refractivity contribution < 1.29 is 18.0 Å². The van der Waals surface area contributed by atoms with E-state index in [2.05, 4.69) is 10.3 Å². The van der Waals surface area contributed by atoms with Crippen LogP contribution in [0.15, 0.2) is 42.6 Å². The third-order valence-electron chi connectivity index (χ3n) is 4.84. The maximum Gasteiger partial charge on any atom is 0.417 e. The van der Waals surface area contributed by atoms with Crippen molar-refractivity contribution in [3.63, 3.8) is 0 Å². The first kappa shape index (κ1) is 19.2. The summed E-state index contributed by atoms with van der Waals surface area (Å²) in [6.45, 7) is 3.23. The lowest BCUT2D eigenvalue weighted by atomic mass is 10.0. The summed E-state index contributed by atoms with van der Waals surface area (Å²) < 4.78 is 37.9. The third-order valence-corrected chi connectivity index (χ3v) is 4.84. The number of carbonyl (C=O) groups excluding carboxylic acids is 1. The van der Waals surface area contributed by atoms with Gasteiger partial charge in [-0.2, -0.15) is 13.2 Å². The summed E-state index contributed by atoms with van der Waals surface area (Å²) in [7, 11) is 0. The van der Waals surface area contributed by atoms with Crippen molar-refractivity contribution in [2.45, 2.75) is 38.4 Å². The average molecular weight is 377 g/mol. The van der Waals surface area contributed by atoms with Crippen molar-refractivity contribution in [1.82, 2.24) is 10.3 Å². The highest BCUT2D eigenvalue weighted by atomic mass is 19.4. The summed E-state index contributed by atoms with van der Waals surface area (Å²) in [5.41, 5.74) is 1.58. The first-order valence-corrected chi connectivity index (χ1v) is 8.95. The van der Waals surface area contributed by atoms with Crippen LogP contribution in [0.1, 0.15) is 29.5 Å². The summed E-state index contributed by atoms with van der Waals surface area (Å²) in [6.07, 6.45) is -1.68. The zero-order valence-corrected chi connectivity index (χ0v) is 15.1. The van der Waals surface area contributed by atoms with E-state index < -0.39 is 11.7 Å². The van der Waals surface area contributed by atoms with E-state index in [1.54, 1.807) is 0 Å². The summed E-state index contributed by atoms with van der Waals surface area (Å²) in [5.74, 6) is 0.491. The Morgan fingerprint density at radius 2 is 2.04 bits per heavy atom. The van der Waals surface area contributed by atoms with Gasteiger partial charge in [0.2, 0.25) is 5.91 Å². The summed E-state index contributed by atoms with van der Waals surface area (Å²) in [6, 6.07) is 10.4. The summed E-state index contributed by atoms with van der Waals surface area (Å²) >= 11 is 0. The van der Waals surface area contributed by atoms with Gasteiger partial charge in [-0.15, -0.1) is 0 Å². The predicted octanol–water partition coefficient (Wildman–Crippen LogP) is 3.74. The smallest absolute Gasteiger partial charge is 0.354 e. The van der Waals surface area contributed by atoms with E-state index >= 15 is 0 Å². The number of carbonyl (C=O) groups is 1. The SMILES string of the molecule is Cc1ccccc1CCC(=O)NC1CCN(c2ccc(C(F)(F)F)cn2)C1. The van der Waals surface area contributed by atoms with Crippen LogP contribution in [0.3, 0.4) is 0 Å². The van der Waals surface area contributed by atoms with Crippen LogP contribution < -0.4 is 10.2 Å². The third kappa shape index (κ3) is 4.99. The van der Waals surface area contributed by atoms with Crippen molar-refractivity contribution in [3.05, 3.63) is 59.3 Å². The number of benzene rings is 1. The van der Waals surface area contributed by atoms with Crippen LogP contribution in [0, 0.1) is 6.92 Å². The molecule has 0 spiro atoms. The number of amides is 1. The lowest BCUT2D eigenvalue weighted by Crippen LogP contribution is -2.37. The Labute approximate surface area is 156 Å². The Morgan fingerprint density at radius 3 is 2.70 bits per heavy atom. The monoisotopic (exact) mass is 377 g/mol. The molecule has 4 nitrogen and oxygen atoms in total. The number of rotatable bonds is 5. The molecule has 1 N–H and O–H groups in total. The van der Waals surface area contributed by atoms with E-state index in [4.69, 9.17) is 0 Å². The fourth-order valence-corrected chi connectivity index (χ4v) is 3.27. The van der Waals surface area contributed by atoms with Gasteiger partial charge >= 0.3 is 6.18 Å². The zero-order chi connectivity index (χ0) is 19.4. The minimum absolute atomic E-state index is 0.00881. The predicted molar refractivity (Wildman–Crippen MR) is 97.5 cm³/mol. The molecule has 1 fully saturated rings. The minimum Gasteiger partial charge on any atom is -0.354 e. The van der Waals surface area contributed by atoms with Gasteiger partial charge in [0, 0.05) is 31.7 Å². The van der Waals surface area contributed by atoms with Crippen LogP contribution in [-0.2, 0) is 17.4 Å². The molecule has 7 heteroatoms. The number of hydrogen-bond donors (Lipinski definition) is 1. The van der Waals surface area contributed by atoms with Gasteiger partial charge in [0.15, 0.2) is 0 Å². The topological polar surface area (TPSA) is 45.2 Å². The number of alkyl halides is 3. The molecule has 1 aliphatic rings. The van der Waals surface area contributed by atoms with Gasteiger partial charge < -0.3 is 10.2 Å². The number of aromatic nitrogens is 1. The molecule has 1 amide bonds. The zero-order valence-electron chi connectivity index (χ0n) is 15.1. The lowest BCUT2D eigenvalue weighted by molar-refractivity contribution is -0.137. The normalized spacial score (nSPS) is 17.2. The van der Waals surface area contributed by atoms with Crippen molar-refractivity contribution in [2.75, 3.05) is 18.0 Å². The Hall–Kier alpha value is -2.57. The Morgan fingerprint density at radius 1 is 1.26 bits per heavy atom. The Bertz CT molecular complexity index is 790. The van der Waals surface area contributed by atoms with E-state index in [-0.39, 0.29) is 11.9 Å². The van der Waals surface area contributed by atoms with Gasteiger partial charge in [0.05, 0.1) is 5.56 Å². The molecule has 1 aromatic carbocycles.